The highest BCUT2D eigenvalue weighted by Crippen LogP contribution is 2.19. The number of nitrogens with one attached hydrogen (secondary N) is 1. The first-order chi connectivity index (χ1) is 11.1. The molecule has 0 saturated heterocycles. The van der Waals surface area contributed by atoms with E-state index < -0.39 is 0 Å². The number of ether oxygens (including phenoxy) is 1. The molecule has 1 N–H and O–H groups in total. The van der Waals surface area contributed by atoms with Gasteiger partial charge in [0.05, 0.1) is 5.56 Å². The van der Waals surface area contributed by atoms with Crippen molar-refractivity contribution in [1.82, 2.24) is 5.32 Å². The minimum Gasteiger partial charge on any atom is -0.483 e. The molecule has 0 heterocycles. The SMILES string of the molecule is CCC(=O)c1ccccc1OCC(=O)NCc1ccc(F)cc1. The van der Waals surface area contributed by atoms with Crippen LogP contribution in [0.2, 0.25) is 0 Å². The topological polar surface area (TPSA) is 55.4 Å². The van der Waals surface area contributed by atoms with Crippen LogP contribution in [-0.2, 0) is 11.3 Å². The molecule has 0 bridgehead atoms. The van der Waals surface area contributed by atoms with E-state index >= 15 is 0 Å². The molecule has 0 aromatic heterocycles. The summed E-state index contributed by atoms with van der Waals surface area (Å²) in [4.78, 5) is 23.6. The van der Waals surface area contributed by atoms with E-state index in [4.69, 9.17) is 4.74 Å². The van der Waals surface area contributed by atoms with Gasteiger partial charge in [-0.05, 0) is 29.8 Å². The zero-order valence-corrected chi connectivity index (χ0v) is 12.8. The molecule has 2 aromatic rings. The van der Waals surface area contributed by atoms with Gasteiger partial charge < -0.3 is 10.1 Å². The highest BCUT2D eigenvalue weighted by Gasteiger charge is 2.11. The van der Waals surface area contributed by atoms with Crippen LogP contribution in [0, 0.1) is 5.82 Å². The number of hydrogen-bond acceptors (Lipinski definition) is 3. The maximum absolute atomic E-state index is 12.8. The lowest BCUT2D eigenvalue weighted by atomic mass is 10.1. The second-order valence-corrected chi connectivity index (χ2v) is 4.96. The summed E-state index contributed by atoms with van der Waals surface area (Å²) in [7, 11) is 0. The third-order valence-electron chi connectivity index (χ3n) is 3.27. The summed E-state index contributed by atoms with van der Waals surface area (Å²) < 4.78 is 18.2. The predicted octanol–water partition coefficient (Wildman–Crippen LogP) is 3.11. The summed E-state index contributed by atoms with van der Waals surface area (Å²) in [6.45, 7) is 1.88. The molecule has 2 aromatic carbocycles. The van der Waals surface area contributed by atoms with Crippen LogP contribution < -0.4 is 10.1 Å². The molecule has 23 heavy (non-hydrogen) atoms. The molecule has 120 valence electrons. The minimum atomic E-state index is -0.319. The van der Waals surface area contributed by atoms with Crippen LogP contribution in [-0.4, -0.2) is 18.3 Å². The summed E-state index contributed by atoms with van der Waals surface area (Å²) in [5, 5.41) is 2.68. The van der Waals surface area contributed by atoms with Gasteiger partial charge in [0.2, 0.25) is 0 Å². The Morgan fingerprint density at radius 3 is 2.48 bits per heavy atom. The van der Waals surface area contributed by atoms with Gasteiger partial charge in [-0.1, -0.05) is 31.2 Å². The standard InChI is InChI=1S/C18H18FNO3/c1-2-16(21)15-5-3-4-6-17(15)23-12-18(22)20-11-13-7-9-14(19)10-8-13/h3-10H,2,11-12H2,1H3,(H,20,22). The molecule has 0 aliphatic heterocycles. The van der Waals surface area contributed by atoms with Crippen molar-refractivity contribution in [3.8, 4) is 5.75 Å². The number of hydrogen-bond donors (Lipinski definition) is 1. The van der Waals surface area contributed by atoms with E-state index in [-0.39, 0.29) is 30.7 Å². The summed E-state index contributed by atoms with van der Waals surface area (Å²) >= 11 is 0. The smallest absolute Gasteiger partial charge is 0.258 e. The van der Waals surface area contributed by atoms with E-state index in [2.05, 4.69) is 5.32 Å². The van der Waals surface area contributed by atoms with Gasteiger partial charge in [0.25, 0.3) is 5.91 Å². The maximum Gasteiger partial charge on any atom is 0.258 e. The average Bonchev–Trinajstić information content (AvgIpc) is 2.59. The number of Topliss-reactive ketones (excluding diaryl/α,β-unsaturated/α-hetero) is 1. The monoisotopic (exact) mass is 315 g/mol. The van der Waals surface area contributed by atoms with Crippen molar-refractivity contribution in [3.63, 3.8) is 0 Å². The van der Waals surface area contributed by atoms with E-state index in [9.17, 15) is 14.0 Å². The van der Waals surface area contributed by atoms with Gasteiger partial charge in [0.15, 0.2) is 12.4 Å². The van der Waals surface area contributed by atoms with Gasteiger partial charge >= 0.3 is 0 Å². The van der Waals surface area contributed by atoms with Gasteiger partial charge in [-0.3, -0.25) is 9.59 Å². The predicted molar refractivity (Wildman–Crippen MR) is 84.8 cm³/mol. The Labute approximate surface area is 134 Å². The van der Waals surface area contributed by atoms with E-state index in [0.717, 1.165) is 5.56 Å². The lowest BCUT2D eigenvalue weighted by molar-refractivity contribution is -0.123. The zero-order chi connectivity index (χ0) is 16.7. The van der Waals surface area contributed by atoms with Crippen LogP contribution in [0.3, 0.4) is 0 Å². The van der Waals surface area contributed by atoms with Gasteiger partial charge in [-0.15, -0.1) is 0 Å². The van der Waals surface area contributed by atoms with Gasteiger partial charge in [0.1, 0.15) is 11.6 Å². The van der Waals surface area contributed by atoms with Crippen molar-refractivity contribution < 1.29 is 18.7 Å². The molecule has 0 saturated carbocycles. The molecule has 5 heteroatoms. The molecule has 0 atom stereocenters. The van der Waals surface area contributed by atoms with Crippen molar-refractivity contribution in [3.05, 3.63) is 65.5 Å². The Morgan fingerprint density at radius 2 is 1.78 bits per heavy atom. The largest absolute Gasteiger partial charge is 0.483 e. The first kappa shape index (κ1) is 16.7. The molecule has 0 fully saturated rings. The second-order valence-electron chi connectivity index (χ2n) is 4.96. The van der Waals surface area contributed by atoms with Gasteiger partial charge in [0, 0.05) is 13.0 Å². The number of para-hydroxylation sites is 1. The van der Waals surface area contributed by atoms with Crippen molar-refractivity contribution in [1.29, 1.82) is 0 Å². The van der Waals surface area contributed by atoms with Crippen molar-refractivity contribution >= 4 is 11.7 Å². The third-order valence-corrected chi connectivity index (χ3v) is 3.27. The number of carbonyl (C=O) groups is 2. The first-order valence-corrected chi connectivity index (χ1v) is 7.36. The molecule has 0 radical (unpaired) electrons. The van der Waals surface area contributed by atoms with Crippen LogP contribution in [0.4, 0.5) is 4.39 Å². The second kappa shape index (κ2) is 8.08. The molecular formula is C18H18FNO3. The Kier molecular flexibility index (Phi) is 5.86. The number of amides is 1. The van der Waals surface area contributed by atoms with E-state index in [0.29, 0.717) is 17.7 Å². The highest BCUT2D eigenvalue weighted by molar-refractivity contribution is 5.98. The quantitative estimate of drug-likeness (QED) is 0.799. The fourth-order valence-corrected chi connectivity index (χ4v) is 2.01. The molecule has 0 unspecified atom stereocenters. The number of halogens is 1. The number of benzene rings is 2. The Balaban J connectivity index is 1.87. The van der Waals surface area contributed by atoms with Crippen LogP contribution in [0.25, 0.3) is 0 Å². The zero-order valence-electron chi connectivity index (χ0n) is 12.8. The minimum absolute atomic E-state index is 0.0349. The molecule has 0 aliphatic carbocycles. The molecule has 0 spiro atoms. The number of carbonyl (C=O) groups excluding carboxylic acids is 2. The van der Waals surface area contributed by atoms with Crippen molar-refractivity contribution in [2.45, 2.75) is 19.9 Å². The van der Waals surface area contributed by atoms with Crippen LogP contribution in [0.1, 0.15) is 29.3 Å². The van der Waals surface area contributed by atoms with Crippen LogP contribution in [0.15, 0.2) is 48.5 Å². The normalized spacial score (nSPS) is 10.2. The van der Waals surface area contributed by atoms with E-state index in [1.807, 2.05) is 0 Å². The van der Waals surface area contributed by atoms with Gasteiger partial charge in [-0.2, -0.15) is 0 Å². The fourth-order valence-electron chi connectivity index (χ4n) is 2.01. The fraction of sp³-hybridized carbons (Fsp3) is 0.222. The number of ketones is 1. The molecule has 2 rings (SSSR count). The van der Waals surface area contributed by atoms with Gasteiger partial charge in [-0.25, -0.2) is 4.39 Å². The Bertz CT molecular complexity index is 683. The van der Waals surface area contributed by atoms with Crippen LogP contribution in [0.5, 0.6) is 5.75 Å². The Morgan fingerprint density at radius 1 is 1.09 bits per heavy atom. The van der Waals surface area contributed by atoms with Crippen molar-refractivity contribution in [2.75, 3.05) is 6.61 Å². The summed E-state index contributed by atoms with van der Waals surface area (Å²) in [5.41, 5.74) is 1.27. The Hall–Kier alpha value is -2.69. The summed E-state index contributed by atoms with van der Waals surface area (Å²) in [6.07, 6.45) is 0.372. The molecule has 4 nitrogen and oxygen atoms in total. The lowest BCUT2D eigenvalue weighted by Crippen LogP contribution is -2.28. The van der Waals surface area contributed by atoms with Crippen molar-refractivity contribution in [2.24, 2.45) is 0 Å². The number of rotatable bonds is 7. The lowest BCUT2D eigenvalue weighted by Gasteiger charge is -2.10. The molecule has 0 aliphatic rings. The van der Waals surface area contributed by atoms with E-state index in [1.165, 1.54) is 12.1 Å². The average molecular weight is 315 g/mol. The first-order valence-electron chi connectivity index (χ1n) is 7.36. The van der Waals surface area contributed by atoms with Crippen LogP contribution >= 0.6 is 0 Å². The molecule has 1 amide bonds. The third kappa shape index (κ3) is 4.92. The highest BCUT2D eigenvalue weighted by atomic mass is 19.1. The summed E-state index contributed by atoms with van der Waals surface area (Å²) in [6, 6.07) is 12.7. The van der Waals surface area contributed by atoms with E-state index in [1.54, 1.807) is 43.3 Å². The molecular weight excluding hydrogens is 297 g/mol. The maximum atomic E-state index is 12.8. The summed E-state index contributed by atoms with van der Waals surface area (Å²) in [5.74, 6) is -0.266.